The van der Waals surface area contributed by atoms with E-state index >= 15 is 0 Å². The van der Waals surface area contributed by atoms with Crippen LogP contribution in [0.2, 0.25) is 5.23 Å². The molecule has 1 radical (unpaired) electrons. The molecule has 0 amide bonds. The van der Waals surface area contributed by atoms with Crippen molar-refractivity contribution >= 4 is 5.69 Å². The number of nitrogens with zero attached hydrogens (tertiary/aromatic N) is 1. The van der Waals surface area contributed by atoms with Crippen LogP contribution in [-0.4, -0.2) is 14.1 Å². The Morgan fingerprint density at radius 2 is 1.91 bits per heavy atom. The van der Waals surface area contributed by atoms with Crippen LogP contribution >= 0.6 is 0 Å². The molecule has 1 aromatic carbocycles. The van der Waals surface area contributed by atoms with Gasteiger partial charge in [0.2, 0.25) is 0 Å². The van der Waals surface area contributed by atoms with Crippen molar-refractivity contribution in [2.24, 2.45) is 0 Å². The number of para-hydroxylation sites is 1. The van der Waals surface area contributed by atoms with Gasteiger partial charge in [0.1, 0.15) is 0 Å². The average Bonchev–Trinajstić information content (AvgIpc) is 2.10. The SMILES string of the molecule is CN(C)c1[c]cccc1.[CH3][Ti]. The number of benzene rings is 1. The van der Waals surface area contributed by atoms with Gasteiger partial charge in [-0.05, 0) is 6.07 Å². The van der Waals surface area contributed by atoms with E-state index in [9.17, 15) is 0 Å². The summed E-state index contributed by atoms with van der Waals surface area (Å²) in [6.45, 7) is 0. The third kappa shape index (κ3) is 4.23. The average molecular weight is 183 g/mol. The standard InChI is InChI=1S/C8H10N.CH3.Ti/c1-9(2)8-6-4-3-5-7-8;;/h3-6H,1-2H3;1H3;. The van der Waals surface area contributed by atoms with E-state index < -0.39 is 0 Å². The second-order valence-corrected chi connectivity index (χ2v) is 2.14. The number of anilines is 1. The van der Waals surface area contributed by atoms with Gasteiger partial charge in [-0.1, -0.05) is 18.2 Å². The Bertz CT molecular complexity index is 172. The fraction of sp³-hybridized carbons (Fsp3) is 0.333. The summed E-state index contributed by atoms with van der Waals surface area (Å²) in [5, 5.41) is 2.00. The van der Waals surface area contributed by atoms with Gasteiger partial charge in [-0.2, -0.15) is 0 Å². The van der Waals surface area contributed by atoms with Gasteiger partial charge in [-0.15, -0.1) is 0 Å². The molecule has 0 atom stereocenters. The van der Waals surface area contributed by atoms with Crippen LogP contribution in [0.5, 0.6) is 0 Å². The summed E-state index contributed by atoms with van der Waals surface area (Å²) in [5.41, 5.74) is 1.12. The minimum atomic E-state index is 1.12. The molecule has 0 heterocycles. The Hall–Kier alpha value is -0.266. The Morgan fingerprint density at radius 3 is 2.18 bits per heavy atom. The zero-order valence-electron chi connectivity index (χ0n) is 7.26. The molecule has 0 saturated carbocycles. The molecule has 58 valence electrons. The van der Waals surface area contributed by atoms with Crippen molar-refractivity contribution in [3.63, 3.8) is 0 Å². The molecular formula is C9H13NTi. The van der Waals surface area contributed by atoms with E-state index in [2.05, 4.69) is 6.07 Å². The molecule has 1 nitrogen and oxygen atoms in total. The van der Waals surface area contributed by atoms with Gasteiger partial charge in [-0.3, -0.25) is 0 Å². The van der Waals surface area contributed by atoms with Crippen LogP contribution in [0.15, 0.2) is 24.3 Å². The fourth-order valence-corrected chi connectivity index (χ4v) is 0.662. The summed E-state index contributed by atoms with van der Waals surface area (Å²) < 4.78 is 0. The molecule has 0 spiro atoms. The molecule has 0 bridgehead atoms. The Labute approximate surface area is 80.8 Å². The second kappa shape index (κ2) is 6.44. The summed E-state index contributed by atoms with van der Waals surface area (Å²) in [6, 6.07) is 11.0. The third-order valence-corrected chi connectivity index (χ3v) is 1.17. The van der Waals surface area contributed by atoms with Gasteiger partial charge in [0.15, 0.2) is 0 Å². The molecule has 0 aromatic heterocycles. The molecule has 0 aliphatic rings. The van der Waals surface area contributed by atoms with Crippen LogP contribution in [0.4, 0.5) is 5.69 Å². The van der Waals surface area contributed by atoms with Crippen LogP contribution in [0, 0.1) is 6.07 Å². The molecule has 11 heavy (non-hydrogen) atoms. The van der Waals surface area contributed by atoms with Crippen LogP contribution in [-0.2, 0) is 20.4 Å². The monoisotopic (exact) mass is 183 g/mol. The van der Waals surface area contributed by atoms with E-state index in [1.807, 2.05) is 68.9 Å². The third-order valence-electron chi connectivity index (χ3n) is 1.17. The van der Waals surface area contributed by atoms with Crippen molar-refractivity contribution in [2.45, 2.75) is 5.23 Å². The Morgan fingerprint density at radius 1 is 1.27 bits per heavy atom. The van der Waals surface area contributed by atoms with E-state index in [-0.39, 0.29) is 0 Å². The minimum absolute atomic E-state index is 1.12. The summed E-state index contributed by atoms with van der Waals surface area (Å²) in [4.78, 5) is 2.03. The second-order valence-electron chi connectivity index (χ2n) is 2.14. The molecule has 0 aliphatic heterocycles. The Balaban J connectivity index is 0.000000461. The predicted molar refractivity (Wildman–Crippen MR) is 45.5 cm³/mol. The molecule has 2 heteroatoms. The first-order valence-electron chi connectivity index (χ1n) is 3.45. The first-order chi connectivity index (χ1) is 5.30. The van der Waals surface area contributed by atoms with Gasteiger partial charge < -0.3 is 4.90 Å². The van der Waals surface area contributed by atoms with E-state index in [0.29, 0.717) is 0 Å². The van der Waals surface area contributed by atoms with Crippen LogP contribution in [0.25, 0.3) is 0 Å². The van der Waals surface area contributed by atoms with Gasteiger partial charge in [-0.25, -0.2) is 0 Å². The maximum absolute atomic E-state index is 3.09. The van der Waals surface area contributed by atoms with Crippen molar-refractivity contribution in [1.29, 1.82) is 0 Å². The fourth-order valence-electron chi connectivity index (χ4n) is 0.662. The first-order valence-corrected chi connectivity index (χ1v) is 5.01. The van der Waals surface area contributed by atoms with Crippen LogP contribution < -0.4 is 4.90 Å². The van der Waals surface area contributed by atoms with Crippen LogP contribution in [0.1, 0.15) is 0 Å². The number of rotatable bonds is 1. The molecular weight excluding hydrogens is 170 g/mol. The van der Waals surface area contributed by atoms with Crippen molar-refractivity contribution in [3.8, 4) is 0 Å². The first kappa shape index (κ1) is 10.7. The normalized spacial score (nSPS) is 7.82. The number of hydrogen-bond acceptors (Lipinski definition) is 1. The van der Waals surface area contributed by atoms with E-state index in [4.69, 9.17) is 0 Å². The van der Waals surface area contributed by atoms with E-state index in [0.717, 1.165) is 5.69 Å². The van der Waals surface area contributed by atoms with Crippen molar-refractivity contribution in [1.82, 2.24) is 0 Å². The summed E-state index contributed by atoms with van der Waals surface area (Å²) in [7, 11) is 4.01. The molecule has 0 unspecified atom stereocenters. The van der Waals surface area contributed by atoms with Gasteiger partial charge in [0, 0.05) is 25.8 Å². The molecule has 0 N–H and O–H groups in total. The van der Waals surface area contributed by atoms with Gasteiger partial charge in [0.25, 0.3) is 0 Å². The molecule has 0 aliphatic carbocycles. The predicted octanol–water partition coefficient (Wildman–Crippen LogP) is 2.13. The van der Waals surface area contributed by atoms with Gasteiger partial charge in [0.05, 0.1) is 0 Å². The van der Waals surface area contributed by atoms with Gasteiger partial charge >= 0.3 is 25.7 Å². The molecule has 1 rings (SSSR count). The number of hydrogen-bond donors (Lipinski definition) is 0. The van der Waals surface area contributed by atoms with Crippen LogP contribution in [0.3, 0.4) is 0 Å². The quantitative estimate of drug-likeness (QED) is 0.603. The molecule has 0 saturated heterocycles. The molecule has 1 aromatic rings. The zero-order chi connectivity index (χ0) is 8.69. The van der Waals surface area contributed by atoms with Crippen molar-refractivity contribution in [2.75, 3.05) is 19.0 Å². The van der Waals surface area contributed by atoms with Crippen molar-refractivity contribution < 1.29 is 20.4 Å². The molecule has 0 fully saturated rings. The summed E-state index contributed by atoms with van der Waals surface area (Å²) >= 11 is 2.00. The zero-order valence-corrected chi connectivity index (χ0v) is 8.82. The topological polar surface area (TPSA) is 3.24 Å². The van der Waals surface area contributed by atoms with E-state index in [1.165, 1.54) is 0 Å². The maximum atomic E-state index is 3.09. The summed E-state index contributed by atoms with van der Waals surface area (Å²) in [6.07, 6.45) is 0. The van der Waals surface area contributed by atoms with E-state index in [1.54, 1.807) is 0 Å². The van der Waals surface area contributed by atoms with Crippen molar-refractivity contribution in [3.05, 3.63) is 30.3 Å². The Kier molecular flexibility index (Phi) is 6.29. The summed E-state index contributed by atoms with van der Waals surface area (Å²) in [5.74, 6) is 0.